The van der Waals surface area contributed by atoms with Crippen LogP contribution in [-0.2, 0) is 11.3 Å². The lowest BCUT2D eigenvalue weighted by Crippen LogP contribution is -2.25. The minimum atomic E-state index is -0.930. The first-order valence-electron chi connectivity index (χ1n) is 8.85. The molecule has 0 N–H and O–H groups in total. The third kappa shape index (κ3) is 3.89. The van der Waals surface area contributed by atoms with E-state index in [1.54, 1.807) is 19.3 Å². The van der Waals surface area contributed by atoms with Crippen LogP contribution in [0.2, 0.25) is 0 Å². The predicted octanol–water partition coefficient (Wildman–Crippen LogP) is 4.05. The summed E-state index contributed by atoms with van der Waals surface area (Å²) in [7, 11) is 0. The van der Waals surface area contributed by atoms with Gasteiger partial charge in [-0.2, -0.15) is 5.26 Å². The molecule has 1 aromatic carbocycles. The van der Waals surface area contributed by atoms with Gasteiger partial charge in [-0.1, -0.05) is 0 Å². The average Bonchev–Trinajstić information content (AvgIpc) is 3.31. The molecule has 0 aliphatic heterocycles. The number of benzene rings is 1. The standard InChI is InChI=1S/C22H20N2O4/c1-14-11-20(15(2)24(14)13-19-5-4-10-27-19)21(25)16(3)28-22(26)18-8-6-17(12-23)7-9-18/h4-11,16H,13H2,1-3H3/t16-/m0/s1. The number of rotatable bonds is 6. The van der Waals surface area contributed by atoms with Gasteiger partial charge in [0.2, 0.25) is 5.78 Å². The van der Waals surface area contributed by atoms with Crippen molar-refractivity contribution < 1.29 is 18.7 Å². The van der Waals surface area contributed by atoms with Gasteiger partial charge in [0.1, 0.15) is 5.76 Å². The second kappa shape index (κ2) is 7.97. The molecular formula is C22H20N2O4. The van der Waals surface area contributed by atoms with Crippen molar-refractivity contribution in [3.63, 3.8) is 0 Å². The Kier molecular flexibility index (Phi) is 5.46. The van der Waals surface area contributed by atoms with Gasteiger partial charge in [0.05, 0.1) is 30.0 Å². The van der Waals surface area contributed by atoms with Gasteiger partial charge in [-0.15, -0.1) is 0 Å². The van der Waals surface area contributed by atoms with E-state index < -0.39 is 12.1 Å². The molecule has 0 radical (unpaired) electrons. The lowest BCUT2D eigenvalue weighted by Gasteiger charge is -2.13. The zero-order valence-corrected chi connectivity index (χ0v) is 15.9. The molecule has 6 heteroatoms. The van der Waals surface area contributed by atoms with Gasteiger partial charge in [0.15, 0.2) is 6.10 Å². The molecule has 0 saturated carbocycles. The minimum absolute atomic E-state index is 0.263. The monoisotopic (exact) mass is 376 g/mol. The summed E-state index contributed by atoms with van der Waals surface area (Å²) in [4.78, 5) is 25.1. The third-order valence-corrected chi connectivity index (χ3v) is 4.64. The van der Waals surface area contributed by atoms with E-state index in [9.17, 15) is 9.59 Å². The molecule has 0 unspecified atom stereocenters. The van der Waals surface area contributed by atoms with Crippen molar-refractivity contribution >= 4 is 11.8 Å². The highest BCUT2D eigenvalue weighted by Crippen LogP contribution is 2.20. The van der Waals surface area contributed by atoms with Crippen LogP contribution in [0.15, 0.2) is 53.1 Å². The molecule has 0 bridgehead atoms. The van der Waals surface area contributed by atoms with Crippen LogP contribution in [0.25, 0.3) is 0 Å². The topological polar surface area (TPSA) is 85.2 Å². The lowest BCUT2D eigenvalue weighted by atomic mass is 10.1. The van der Waals surface area contributed by atoms with Crippen molar-refractivity contribution in [1.29, 1.82) is 5.26 Å². The summed E-state index contributed by atoms with van der Waals surface area (Å²) in [6, 6.07) is 13.6. The Balaban J connectivity index is 1.74. The first kappa shape index (κ1) is 19.2. The summed E-state index contributed by atoms with van der Waals surface area (Å²) in [6.07, 6.45) is 0.681. The second-order valence-corrected chi connectivity index (χ2v) is 6.55. The van der Waals surface area contributed by atoms with Gasteiger partial charge in [0.25, 0.3) is 0 Å². The fourth-order valence-electron chi connectivity index (χ4n) is 3.03. The van der Waals surface area contributed by atoms with Crippen molar-refractivity contribution in [2.24, 2.45) is 0 Å². The Hall–Kier alpha value is -3.59. The van der Waals surface area contributed by atoms with E-state index in [1.807, 2.05) is 36.6 Å². The van der Waals surface area contributed by atoms with Crippen molar-refractivity contribution in [3.8, 4) is 6.07 Å². The van der Waals surface area contributed by atoms with Crippen LogP contribution in [0.4, 0.5) is 0 Å². The molecule has 3 aromatic rings. The molecule has 3 rings (SSSR count). The van der Waals surface area contributed by atoms with Gasteiger partial charge in [0, 0.05) is 17.0 Å². The quantitative estimate of drug-likeness (QED) is 0.479. The van der Waals surface area contributed by atoms with Gasteiger partial charge in [-0.25, -0.2) is 4.79 Å². The van der Waals surface area contributed by atoms with Crippen LogP contribution < -0.4 is 0 Å². The number of carbonyl (C=O) groups excluding carboxylic acids is 2. The van der Waals surface area contributed by atoms with Gasteiger partial charge in [-0.05, 0) is 63.2 Å². The maximum Gasteiger partial charge on any atom is 0.338 e. The number of hydrogen-bond donors (Lipinski definition) is 0. The molecule has 0 fully saturated rings. The van der Waals surface area contributed by atoms with Gasteiger partial charge >= 0.3 is 5.97 Å². The maximum absolute atomic E-state index is 12.8. The Morgan fingerprint density at radius 3 is 2.54 bits per heavy atom. The molecule has 0 saturated heterocycles. The number of esters is 1. The highest BCUT2D eigenvalue weighted by atomic mass is 16.5. The molecule has 6 nitrogen and oxygen atoms in total. The summed E-state index contributed by atoms with van der Waals surface area (Å²) < 4.78 is 12.7. The molecule has 0 amide bonds. The van der Waals surface area contributed by atoms with Crippen LogP contribution in [-0.4, -0.2) is 22.4 Å². The molecule has 142 valence electrons. The number of aromatic nitrogens is 1. The molecule has 2 aromatic heterocycles. The van der Waals surface area contributed by atoms with Crippen LogP contribution >= 0.6 is 0 Å². The Morgan fingerprint density at radius 1 is 1.21 bits per heavy atom. The first-order valence-corrected chi connectivity index (χ1v) is 8.85. The van der Waals surface area contributed by atoms with E-state index in [0.717, 1.165) is 17.1 Å². The average molecular weight is 376 g/mol. The van der Waals surface area contributed by atoms with E-state index in [1.165, 1.54) is 24.3 Å². The fraction of sp³-hybridized carbons (Fsp3) is 0.227. The highest BCUT2D eigenvalue weighted by molar-refractivity contribution is 6.02. The number of ether oxygens (including phenoxy) is 1. The number of ketones is 1. The molecular weight excluding hydrogens is 356 g/mol. The van der Waals surface area contributed by atoms with E-state index in [4.69, 9.17) is 14.4 Å². The van der Waals surface area contributed by atoms with Crippen LogP contribution in [0.5, 0.6) is 0 Å². The largest absolute Gasteiger partial charge is 0.467 e. The number of nitrogens with zero attached hydrogens (tertiary/aromatic N) is 2. The zero-order chi connectivity index (χ0) is 20.3. The Morgan fingerprint density at radius 2 is 1.93 bits per heavy atom. The molecule has 0 aliphatic carbocycles. The molecule has 0 spiro atoms. The number of aryl methyl sites for hydroxylation is 1. The molecule has 2 heterocycles. The smallest absolute Gasteiger partial charge is 0.338 e. The third-order valence-electron chi connectivity index (χ3n) is 4.64. The Bertz CT molecular complexity index is 1040. The maximum atomic E-state index is 12.8. The van der Waals surface area contributed by atoms with E-state index >= 15 is 0 Å². The number of furan rings is 1. The number of nitriles is 1. The van der Waals surface area contributed by atoms with Crippen molar-refractivity contribution in [3.05, 3.63) is 82.6 Å². The molecule has 0 aliphatic rings. The van der Waals surface area contributed by atoms with Crippen molar-refractivity contribution in [2.45, 2.75) is 33.4 Å². The number of Topliss-reactive ketones (excluding diaryl/α,β-unsaturated/α-hetero) is 1. The van der Waals surface area contributed by atoms with E-state index in [-0.39, 0.29) is 5.78 Å². The van der Waals surface area contributed by atoms with Crippen molar-refractivity contribution in [2.75, 3.05) is 0 Å². The molecule has 1 atom stereocenters. The van der Waals surface area contributed by atoms with Crippen LogP contribution in [0.1, 0.15) is 50.4 Å². The van der Waals surface area contributed by atoms with Gasteiger partial charge in [-0.3, -0.25) is 4.79 Å². The van der Waals surface area contributed by atoms with E-state index in [0.29, 0.717) is 23.2 Å². The van der Waals surface area contributed by atoms with Crippen LogP contribution in [0.3, 0.4) is 0 Å². The normalized spacial score (nSPS) is 11.6. The first-order chi connectivity index (χ1) is 13.4. The zero-order valence-electron chi connectivity index (χ0n) is 15.9. The fourth-order valence-corrected chi connectivity index (χ4v) is 3.03. The van der Waals surface area contributed by atoms with Crippen LogP contribution in [0, 0.1) is 25.2 Å². The molecule has 28 heavy (non-hydrogen) atoms. The highest BCUT2D eigenvalue weighted by Gasteiger charge is 2.24. The predicted molar refractivity (Wildman–Crippen MR) is 102 cm³/mol. The second-order valence-electron chi connectivity index (χ2n) is 6.55. The van der Waals surface area contributed by atoms with Gasteiger partial charge < -0.3 is 13.7 Å². The summed E-state index contributed by atoms with van der Waals surface area (Å²) >= 11 is 0. The summed E-state index contributed by atoms with van der Waals surface area (Å²) in [5.74, 6) is -0.0726. The minimum Gasteiger partial charge on any atom is -0.467 e. The summed E-state index contributed by atoms with van der Waals surface area (Å²) in [5, 5.41) is 8.82. The lowest BCUT2D eigenvalue weighted by molar-refractivity contribution is 0.0318. The SMILES string of the molecule is Cc1cc(C(=O)[C@H](C)OC(=O)c2ccc(C#N)cc2)c(C)n1Cc1ccco1. The number of carbonyl (C=O) groups is 2. The summed E-state index contributed by atoms with van der Waals surface area (Å²) in [5.41, 5.74) is 2.97. The van der Waals surface area contributed by atoms with Crippen molar-refractivity contribution in [1.82, 2.24) is 4.57 Å². The Labute approximate surface area is 163 Å². The van der Waals surface area contributed by atoms with E-state index in [2.05, 4.69) is 0 Å². The summed E-state index contributed by atoms with van der Waals surface area (Å²) in [6.45, 7) is 5.86. The number of hydrogen-bond acceptors (Lipinski definition) is 5.